The van der Waals surface area contributed by atoms with Gasteiger partial charge in [-0.25, -0.2) is 0 Å². The van der Waals surface area contributed by atoms with Gasteiger partial charge in [0.1, 0.15) is 11.2 Å². The lowest BCUT2D eigenvalue weighted by atomic mass is 9.89. The van der Waals surface area contributed by atoms with Crippen LogP contribution in [0.5, 0.6) is 0 Å². The standard InChI is InChI=1S/C56H35NOS/c1-2-13-36(14-3-1)37-25-27-39(28-26-37)54-48-19-6-4-15-43(48)44-16-5-7-20-49(44)55(54)57(41-33-34-46-45-17-8-10-23-51(45)58-52(46)35-41)40-31-29-38(30-32-40)42-21-12-22-50-47-18-9-11-24-53(47)59-56(42)50/h1-35H. The molecule has 0 unspecified atom stereocenters. The number of hydrogen-bond donors (Lipinski definition) is 0. The van der Waals surface area contributed by atoms with E-state index in [0.29, 0.717) is 0 Å². The lowest BCUT2D eigenvalue weighted by Crippen LogP contribution is -2.12. The molecule has 0 aliphatic heterocycles. The minimum absolute atomic E-state index is 0.862. The molecule has 0 saturated heterocycles. The predicted octanol–water partition coefficient (Wildman–Crippen LogP) is 16.7. The fraction of sp³-hybridized carbons (Fsp3) is 0. The second-order valence-corrected chi connectivity index (χ2v) is 16.3. The van der Waals surface area contributed by atoms with Crippen LogP contribution in [0.3, 0.4) is 0 Å². The highest BCUT2D eigenvalue weighted by atomic mass is 32.1. The van der Waals surface area contributed by atoms with Crippen LogP contribution in [0.4, 0.5) is 17.1 Å². The Morgan fingerprint density at radius 1 is 0.339 bits per heavy atom. The molecule has 10 aromatic carbocycles. The van der Waals surface area contributed by atoms with E-state index < -0.39 is 0 Å². The second-order valence-electron chi connectivity index (χ2n) is 15.2. The molecule has 12 aromatic rings. The van der Waals surface area contributed by atoms with Crippen molar-refractivity contribution in [3.8, 4) is 33.4 Å². The molecule has 0 amide bonds. The molecule has 0 saturated carbocycles. The molecule has 0 fully saturated rings. The first-order valence-electron chi connectivity index (χ1n) is 20.1. The maximum Gasteiger partial charge on any atom is 0.137 e. The van der Waals surface area contributed by atoms with Crippen LogP contribution >= 0.6 is 11.3 Å². The van der Waals surface area contributed by atoms with Gasteiger partial charge in [-0.3, -0.25) is 0 Å². The molecule has 2 nitrogen and oxygen atoms in total. The minimum atomic E-state index is 0.862. The zero-order valence-corrected chi connectivity index (χ0v) is 32.8. The third-order valence-electron chi connectivity index (χ3n) is 11.9. The van der Waals surface area contributed by atoms with Gasteiger partial charge in [-0.05, 0) is 80.4 Å². The number of hydrogen-bond acceptors (Lipinski definition) is 3. The van der Waals surface area contributed by atoms with Gasteiger partial charge in [0.15, 0.2) is 0 Å². The van der Waals surface area contributed by atoms with Crippen LogP contribution in [0, 0.1) is 0 Å². The summed E-state index contributed by atoms with van der Waals surface area (Å²) in [4.78, 5) is 2.45. The Morgan fingerprint density at radius 3 is 1.69 bits per heavy atom. The summed E-state index contributed by atoms with van der Waals surface area (Å²) in [5.41, 5.74) is 12.1. The van der Waals surface area contributed by atoms with Crippen LogP contribution in [0.15, 0.2) is 217 Å². The Balaban J connectivity index is 1.12. The van der Waals surface area contributed by atoms with Gasteiger partial charge in [0.2, 0.25) is 0 Å². The molecule has 2 heterocycles. The number of nitrogens with zero attached hydrogens (tertiary/aromatic N) is 1. The van der Waals surface area contributed by atoms with Crippen LogP contribution in [0.25, 0.3) is 97.0 Å². The number of anilines is 3. The third-order valence-corrected chi connectivity index (χ3v) is 13.1. The van der Waals surface area contributed by atoms with E-state index in [-0.39, 0.29) is 0 Å². The topological polar surface area (TPSA) is 16.4 Å². The molecule has 0 N–H and O–H groups in total. The molecular formula is C56H35NOS. The minimum Gasteiger partial charge on any atom is -0.456 e. The lowest BCUT2D eigenvalue weighted by molar-refractivity contribution is 0.669. The zero-order chi connectivity index (χ0) is 38.9. The van der Waals surface area contributed by atoms with Crippen molar-refractivity contribution in [1.29, 1.82) is 0 Å². The fourth-order valence-electron chi connectivity index (χ4n) is 9.13. The van der Waals surface area contributed by atoms with E-state index in [4.69, 9.17) is 4.42 Å². The van der Waals surface area contributed by atoms with Gasteiger partial charge in [-0.1, -0.05) is 170 Å². The quantitative estimate of drug-likeness (QED) is 0.157. The highest BCUT2D eigenvalue weighted by Crippen LogP contribution is 2.50. The Hall–Kier alpha value is -7.46. The summed E-state index contributed by atoms with van der Waals surface area (Å²) in [6, 6.07) is 77.0. The van der Waals surface area contributed by atoms with Gasteiger partial charge in [-0.2, -0.15) is 0 Å². The average Bonchev–Trinajstić information content (AvgIpc) is 3.88. The third kappa shape index (κ3) is 5.47. The Labute approximate surface area is 345 Å². The highest BCUT2D eigenvalue weighted by molar-refractivity contribution is 7.26. The Bertz CT molecular complexity index is 3540. The summed E-state index contributed by atoms with van der Waals surface area (Å²) in [6.07, 6.45) is 0. The summed E-state index contributed by atoms with van der Waals surface area (Å²) in [6.45, 7) is 0. The lowest BCUT2D eigenvalue weighted by Gasteiger charge is -2.30. The van der Waals surface area contributed by atoms with Gasteiger partial charge < -0.3 is 9.32 Å². The number of furan rings is 1. The number of fused-ring (bicyclic) bond motifs is 9. The highest BCUT2D eigenvalue weighted by Gasteiger charge is 2.25. The normalized spacial score (nSPS) is 11.7. The molecule has 0 radical (unpaired) electrons. The first kappa shape index (κ1) is 33.7. The van der Waals surface area contributed by atoms with Crippen LogP contribution in [-0.4, -0.2) is 0 Å². The van der Waals surface area contributed by atoms with E-state index in [1.807, 2.05) is 17.4 Å². The summed E-state index contributed by atoms with van der Waals surface area (Å²) in [7, 11) is 0. The van der Waals surface area contributed by atoms with Gasteiger partial charge >= 0.3 is 0 Å². The molecule has 3 heteroatoms. The van der Waals surface area contributed by atoms with Gasteiger partial charge in [-0.15, -0.1) is 11.3 Å². The number of benzene rings is 10. The van der Waals surface area contributed by atoms with E-state index >= 15 is 0 Å². The molecule has 12 rings (SSSR count). The summed E-state index contributed by atoms with van der Waals surface area (Å²) in [5, 5.41) is 9.67. The van der Waals surface area contributed by atoms with Crippen LogP contribution in [0.1, 0.15) is 0 Å². The first-order chi connectivity index (χ1) is 29.3. The van der Waals surface area contributed by atoms with E-state index in [9.17, 15) is 0 Å². The summed E-state index contributed by atoms with van der Waals surface area (Å²) < 4.78 is 9.19. The Kier molecular flexibility index (Phi) is 7.75. The van der Waals surface area contributed by atoms with Gasteiger partial charge in [0.25, 0.3) is 0 Å². The molecule has 0 spiro atoms. The van der Waals surface area contributed by atoms with Gasteiger partial charge in [0.05, 0.1) is 5.69 Å². The van der Waals surface area contributed by atoms with Crippen molar-refractivity contribution in [2.45, 2.75) is 0 Å². The molecule has 0 aliphatic rings. The fourth-order valence-corrected chi connectivity index (χ4v) is 10.4. The van der Waals surface area contributed by atoms with Crippen molar-refractivity contribution in [2.75, 3.05) is 4.90 Å². The molecule has 0 aliphatic carbocycles. The maximum absolute atomic E-state index is 6.56. The summed E-state index contributed by atoms with van der Waals surface area (Å²) in [5.74, 6) is 0. The first-order valence-corrected chi connectivity index (χ1v) is 20.9. The molecule has 0 atom stereocenters. The SMILES string of the molecule is c1ccc(-c2ccc(-c3c(N(c4ccc(-c5cccc6c5sc5ccccc56)cc4)c4ccc5c(c4)oc4ccccc45)c4ccccc4c4ccccc34)cc2)cc1. The Morgan fingerprint density at radius 2 is 0.898 bits per heavy atom. The molecule has 2 aromatic heterocycles. The molecular weight excluding hydrogens is 735 g/mol. The van der Waals surface area contributed by atoms with E-state index in [1.165, 1.54) is 69.5 Å². The van der Waals surface area contributed by atoms with Gasteiger partial charge in [0, 0.05) is 59.3 Å². The van der Waals surface area contributed by atoms with E-state index in [0.717, 1.165) is 44.6 Å². The average molecular weight is 770 g/mol. The smallest absolute Gasteiger partial charge is 0.137 e. The van der Waals surface area contributed by atoms with E-state index in [2.05, 4.69) is 211 Å². The van der Waals surface area contributed by atoms with Crippen molar-refractivity contribution < 1.29 is 4.42 Å². The molecule has 0 bridgehead atoms. The van der Waals surface area contributed by atoms with Crippen molar-refractivity contribution in [1.82, 2.24) is 0 Å². The van der Waals surface area contributed by atoms with Crippen LogP contribution in [-0.2, 0) is 0 Å². The monoisotopic (exact) mass is 769 g/mol. The summed E-state index contributed by atoms with van der Waals surface area (Å²) >= 11 is 1.87. The maximum atomic E-state index is 6.56. The van der Waals surface area contributed by atoms with Crippen molar-refractivity contribution >= 4 is 92.1 Å². The predicted molar refractivity (Wildman–Crippen MR) is 253 cm³/mol. The molecule has 276 valence electrons. The second kappa shape index (κ2) is 13.6. The largest absolute Gasteiger partial charge is 0.456 e. The number of para-hydroxylation sites is 1. The zero-order valence-electron chi connectivity index (χ0n) is 32.0. The molecule has 59 heavy (non-hydrogen) atoms. The van der Waals surface area contributed by atoms with E-state index in [1.54, 1.807) is 0 Å². The number of rotatable bonds is 6. The van der Waals surface area contributed by atoms with Crippen molar-refractivity contribution in [3.05, 3.63) is 212 Å². The van der Waals surface area contributed by atoms with Crippen LogP contribution < -0.4 is 4.90 Å². The van der Waals surface area contributed by atoms with Crippen LogP contribution in [0.2, 0.25) is 0 Å². The van der Waals surface area contributed by atoms with Crippen molar-refractivity contribution in [2.24, 2.45) is 0 Å². The van der Waals surface area contributed by atoms with Crippen molar-refractivity contribution in [3.63, 3.8) is 0 Å². The number of thiophene rings is 1.